The van der Waals surface area contributed by atoms with Crippen LogP contribution in [0, 0.1) is 6.92 Å². The van der Waals surface area contributed by atoms with Crippen molar-refractivity contribution < 1.29 is 65.1 Å². The predicted molar refractivity (Wildman–Crippen MR) is 134 cm³/mol. The fraction of sp³-hybridized carbons (Fsp3) is 0.565. The first-order valence-corrected chi connectivity index (χ1v) is 11.0. The van der Waals surface area contributed by atoms with E-state index in [1.165, 1.54) is 19.1 Å². The summed E-state index contributed by atoms with van der Waals surface area (Å²) in [6.45, 7) is 2.12. The average Bonchev–Trinajstić information content (AvgIpc) is 2.89. The maximum absolute atomic E-state index is 10.00. The Hall–Kier alpha value is -3.36. The molecule has 15 heteroatoms. The molecule has 0 saturated carbocycles. The van der Waals surface area contributed by atoms with Crippen LogP contribution in [-0.2, 0) is 19.2 Å². The second-order valence-electron chi connectivity index (χ2n) is 6.82. The van der Waals surface area contributed by atoms with Crippen LogP contribution in [0.15, 0.2) is 28.2 Å². The molecule has 0 aliphatic carbocycles. The van der Waals surface area contributed by atoms with Crippen LogP contribution >= 0.6 is 0 Å². The SMILES string of the molecule is CC(O)CO.Cc1c(N=C=O)cccc1N=C=O.O=C(O)CCCCC(=O)O.OCC(O)CO.OCCO. The lowest BCUT2D eigenvalue weighted by Gasteiger charge is -1.99. The number of rotatable bonds is 11. The first-order chi connectivity index (χ1) is 17.9. The third-order valence-electron chi connectivity index (χ3n) is 3.43. The van der Waals surface area contributed by atoms with E-state index in [2.05, 4.69) is 9.98 Å². The fourth-order valence-corrected chi connectivity index (χ4v) is 1.56. The van der Waals surface area contributed by atoms with E-state index < -0.39 is 24.1 Å². The molecule has 0 aromatic heterocycles. The van der Waals surface area contributed by atoms with Crippen LogP contribution in [0.1, 0.15) is 38.2 Å². The lowest BCUT2D eigenvalue weighted by molar-refractivity contribution is -0.139. The molecule has 0 aliphatic heterocycles. The molecule has 0 amide bonds. The van der Waals surface area contributed by atoms with Gasteiger partial charge in [0.05, 0.1) is 50.5 Å². The summed E-state index contributed by atoms with van der Waals surface area (Å²) in [6.07, 6.45) is 2.36. The van der Waals surface area contributed by atoms with Crippen molar-refractivity contribution in [1.29, 1.82) is 0 Å². The number of carbonyl (C=O) groups excluding carboxylic acids is 2. The molecular weight excluding hydrogens is 512 g/mol. The van der Waals surface area contributed by atoms with Crippen molar-refractivity contribution in [1.82, 2.24) is 0 Å². The highest BCUT2D eigenvalue weighted by atomic mass is 16.4. The first kappa shape index (κ1) is 41.8. The van der Waals surface area contributed by atoms with Gasteiger partial charge in [-0.1, -0.05) is 6.07 Å². The molecule has 15 nitrogen and oxygen atoms in total. The number of carboxylic acids is 2. The van der Waals surface area contributed by atoms with Crippen molar-refractivity contribution in [3.8, 4) is 0 Å². The number of carboxylic acid groups (broad SMARTS) is 2. The van der Waals surface area contributed by atoms with Crippen LogP contribution in [0.3, 0.4) is 0 Å². The van der Waals surface area contributed by atoms with Gasteiger partial charge in [-0.2, -0.15) is 9.98 Å². The average molecular weight is 551 g/mol. The maximum atomic E-state index is 10.00. The smallest absolute Gasteiger partial charge is 0.303 e. The highest BCUT2D eigenvalue weighted by molar-refractivity contribution is 5.68. The number of unbranched alkanes of at least 4 members (excludes halogenated alkanes) is 1. The molecule has 0 saturated heterocycles. The topological polar surface area (TPSA) is 275 Å². The van der Waals surface area contributed by atoms with Gasteiger partial charge in [0.25, 0.3) is 0 Å². The molecule has 0 radical (unpaired) electrons. The summed E-state index contributed by atoms with van der Waals surface area (Å²) in [7, 11) is 0. The highest BCUT2D eigenvalue weighted by Gasteiger charge is 2.01. The second-order valence-corrected chi connectivity index (χ2v) is 6.82. The second kappa shape index (κ2) is 31.7. The zero-order valence-corrected chi connectivity index (χ0v) is 21.3. The molecule has 1 aromatic carbocycles. The number of benzene rings is 1. The molecule has 0 aliphatic rings. The molecule has 0 fully saturated rings. The lowest BCUT2D eigenvalue weighted by Crippen LogP contribution is -2.15. The highest BCUT2D eigenvalue weighted by Crippen LogP contribution is 2.26. The number of aliphatic hydroxyl groups is 7. The molecule has 1 unspecified atom stereocenters. The van der Waals surface area contributed by atoms with Crippen molar-refractivity contribution >= 4 is 35.5 Å². The Morgan fingerprint density at radius 1 is 0.789 bits per heavy atom. The normalized spacial score (nSPS) is 9.63. The Bertz CT molecular complexity index is 763. The van der Waals surface area contributed by atoms with Crippen LogP contribution < -0.4 is 0 Å². The quantitative estimate of drug-likeness (QED) is 0.0938. The minimum atomic E-state index is -0.954. The summed E-state index contributed by atoms with van der Waals surface area (Å²) < 4.78 is 0. The van der Waals surface area contributed by atoms with Gasteiger partial charge in [-0.3, -0.25) is 9.59 Å². The molecule has 1 atom stereocenters. The summed E-state index contributed by atoms with van der Waals surface area (Å²) >= 11 is 0. The van der Waals surface area contributed by atoms with E-state index >= 15 is 0 Å². The maximum Gasteiger partial charge on any atom is 0.303 e. The monoisotopic (exact) mass is 550 g/mol. The summed E-state index contributed by atoms with van der Waals surface area (Å²) in [6, 6.07) is 4.94. The van der Waals surface area contributed by atoms with Crippen LogP contribution in [0.4, 0.5) is 11.4 Å². The van der Waals surface area contributed by atoms with Crippen molar-refractivity contribution in [3.05, 3.63) is 23.8 Å². The van der Waals surface area contributed by atoms with Crippen LogP contribution in [0.25, 0.3) is 0 Å². The Balaban J connectivity index is -0.000000205. The molecule has 9 N–H and O–H groups in total. The zero-order valence-electron chi connectivity index (χ0n) is 21.3. The van der Waals surface area contributed by atoms with Crippen molar-refractivity contribution in [2.75, 3.05) is 33.0 Å². The van der Waals surface area contributed by atoms with E-state index in [0.717, 1.165) is 0 Å². The molecule has 1 rings (SSSR count). The van der Waals surface area contributed by atoms with Gasteiger partial charge in [0.2, 0.25) is 12.2 Å². The molecule has 38 heavy (non-hydrogen) atoms. The number of isocyanates is 2. The van der Waals surface area contributed by atoms with Gasteiger partial charge in [0, 0.05) is 18.4 Å². The number of aliphatic hydroxyl groups excluding tert-OH is 7. The predicted octanol–water partition coefficient (Wildman–Crippen LogP) is -0.692. The van der Waals surface area contributed by atoms with Gasteiger partial charge in [0.1, 0.15) is 6.10 Å². The minimum absolute atomic E-state index is 0.0628. The van der Waals surface area contributed by atoms with Crippen molar-refractivity contribution in [3.63, 3.8) is 0 Å². The van der Waals surface area contributed by atoms with Crippen LogP contribution in [-0.4, -0.2) is 115 Å². The Kier molecular flexibility index (Phi) is 34.8. The number of aliphatic imine (C=N–C) groups is 2. The van der Waals surface area contributed by atoms with Crippen LogP contribution in [0.2, 0.25) is 0 Å². The standard InChI is InChI=1S/C9H6N2O2.C6H10O4.C3H8O3.C3H8O2.C2H6O2/c1-7-8(10-5-12)3-2-4-9(7)11-6-13;7-5(8)3-1-2-4-6(9)10;4-1-3(6)2-5;1-3(5)2-4;3-1-2-4/h2-4H,1H3;1-4H2,(H,7,8)(H,9,10);3-6H,1-2H2;3-5H,2H2,1H3;3-4H,1-2H2. The molecular formula is C23H38N2O13. The third-order valence-corrected chi connectivity index (χ3v) is 3.43. The zero-order chi connectivity index (χ0) is 30.4. The summed E-state index contributed by atoms with van der Waals surface area (Å²) in [5.41, 5.74) is 1.59. The molecule has 1 aromatic rings. The largest absolute Gasteiger partial charge is 0.481 e. The third kappa shape index (κ3) is 34.8. The van der Waals surface area contributed by atoms with Crippen molar-refractivity contribution in [2.24, 2.45) is 9.98 Å². The molecule has 0 spiro atoms. The number of nitrogens with zero attached hydrogens (tertiary/aromatic N) is 2. The van der Waals surface area contributed by atoms with Gasteiger partial charge < -0.3 is 46.0 Å². The van der Waals surface area contributed by atoms with E-state index in [0.29, 0.717) is 29.8 Å². The van der Waals surface area contributed by atoms with Gasteiger partial charge in [0.15, 0.2) is 0 Å². The summed E-state index contributed by atoms with van der Waals surface area (Å²) in [5, 5.41) is 71.5. The van der Waals surface area contributed by atoms with E-state index in [1.807, 2.05) is 0 Å². The summed E-state index contributed by atoms with van der Waals surface area (Å²) in [4.78, 5) is 46.7. The lowest BCUT2D eigenvalue weighted by atomic mass is 10.1. The van der Waals surface area contributed by atoms with E-state index in [-0.39, 0.29) is 45.9 Å². The number of hydrogen-bond acceptors (Lipinski definition) is 13. The Morgan fingerprint density at radius 2 is 1.13 bits per heavy atom. The van der Waals surface area contributed by atoms with Gasteiger partial charge >= 0.3 is 11.9 Å². The molecule has 0 heterocycles. The van der Waals surface area contributed by atoms with Crippen LogP contribution in [0.5, 0.6) is 0 Å². The van der Waals surface area contributed by atoms with E-state index in [1.54, 1.807) is 25.1 Å². The number of hydrogen-bond donors (Lipinski definition) is 9. The molecule has 0 bridgehead atoms. The van der Waals surface area contributed by atoms with Gasteiger partial charge in [-0.05, 0) is 38.8 Å². The molecule has 218 valence electrons. The minimum Gasteiger partial charge on any atom is -0.481 e. The number of aliphatic carboxylic acids is 2. The van der Waals surface area contributed by atoms with E-state index in [4.69, 9.17) is 46.0 Å². The van der Waals surface area contributed by atoms with Crippen molar-refractivity contribution in [2.45, 2.75) is 51.7 Å². The van der Waals surface area contributed by atoms with E-state index in [9.17, 15) is 19.2 Å². The first-order valence-electron chi connectivity index (χ1n) is 11.0. The number of carbonyl (C=O) groups is 2. The Labute approximate surface area is 219 Å². The van der Waals surface area contributed by atoms with Gasteiger partial charge in [-0.15, -0.1) is 0 Å². The fourth-order valence-electron chi connectivity index (χ4n) is 1.56. The Morgan fingerprint density at radius 3 is 1.32 bits per heavy atom. The van der Waals surface area contributed by atoms with Gasteiger partial charge in [-0.25, -0.2) is 9.59 Å². The summed E-state index contributed by atoms with van der Waals surface area (Å²) in [5.74, 6) is -1.74.